The third-order valence-corrected chi connectivity index (χ3v) is 3.69. The maximum atomic E-state index is 7.41. The molecule has 2 atom stereocenters. The van der Waals surface area contributed by atoms with Crippen molar-refractivity contribution in [2.45, 2.75) is 26.2 Å². The summed E-state index contributed by atoms with van der Waals surface area (Å²) in [5.41, 5.74) is 0.591. The zero-order valence-corrected chi connectivity index (χ0v) is 9.56. The quantitative estimate of drug-likeness (QED) is 0.532. The van der Waals surface area contributed by atoms with E-state index in [1.54, 1.807) is 6.92 Å². The van der Waals surface area contributed by atoms with Crippen LogP contribution in [0.25, 0.3) is 0 Å². The van der Waals surface area contributed by atoms with E-state index in [1.807, 2.05) is 6.08 Å². The molecule has 2 nitrogen and oxygen atoms in total. The van der Waals surface area contributed by atoms with Gasteiger partial charge in [0.15, 0.2) is 0 Å². The van der Waals surface area contributed by atoms with Crippen molar-refractivity contribution in [1.29, 1.82) is 5.41 Å². The third kappa shape index (κ3) is 2.14. The first-order valence-electron chi connectivity index (χ1n) is 5.36. The highest BCUT2D eigenvalue weighted by Crippen LogP contribution is 2.37. The number of likely N-dealkylation sites (tertiary alicyclic amines) is 1. The van der Waals surface area contributed by atoms with Crippen molar-refractivity contribution in [3.63, 3.8) is 0 Å². The number of rotatable bonds is 2. The zero-order chi connectivity index (χ0) is 10.1. The highest BCUT2D eigenvalue weighted by atomic mass is 32.1. The fourth-order valence-corrected chi connectivity index (χ4v) is 3.04. The van der Waals surface area contributed by atoms with Crippen molar-refractivity contribution in [2.75, 3.05) is 13.1 Å². The fourth-order valence-electron chi connectivity index (χ4n) is 2.68. The minimum Gasteiger partial charge on any atom is -0.366 e. The van der Waals surface area contributed by atoms with Crippen molar-refractivity contribution < 1.29 is 0 Å². The number of nitrogens with one attached hydrogen (secondary N) is 1. The molecule has 1 N–H and O–H groups in total. The maximum absolute atomic E-state index is 7.41. The second-order valence-electron chi connectivity index (χ2n) is 4.64. The number of thiol groups is 1. The molecule has 2 aliphatic rings. The molecule has 1 aliphatic carbocycles. The van der Waals surface area contributed by atoms with Gasteiger partial charge in [0.05, 0.1) is 5.03 Å². The number of piperidine rings is 1. The topological polar surface area (TPSA) is 27.1 Å². The summed E-state index contributed by atoms with van der Waals surface area (Å²) in [6.07, 6.45) is 6.06. The first kappa shape index (κ1) is 10.1. The second-order valence-corrected chi connectivity index (χ2v) is 5.09. The summed E-state index contributed by atoms with van der Waals surface area (Å²) in [6.45, 7) is 4.10. The Labute approximate surface area is 91.3 Å². The first-order chi connectivity index (χ1) is 6.65. The van der Waals surface area contributed by atoms with Gasteiger partial charge in [-0.25, -0.2) is 0 Å². The van der Waals surface area contributed by atoms with E-state index in [0.717, 1.165) is 30.0 Å². The van der Waals surface area contributed by atoms with Crippen LogP contribution in [-0.4, -0.2) is 23.7 Å². The molecule has 2 bridgehead atoms. The van der Waals surface area contributed by atoms with E-state index >= 15 is 0 Å². The lowest BCUT2D eigenvalue weighted by molar-refractivity contribution is 0.223. The van der Waals surface area contributed by atoms with Crippen molar-refractivity contribution >= 4 is 18.3 Å². The maximum Gasteiger partial charge on any atom is 0.0694 e. The van der Waals surface area contributed by atoms with Gasteiger partial charge in [-0.1, -0.05) is 0 Å². The van der Waals surface area contributed by atoms with Crippen LogP contribution in [0.1, 0.15) is 26.2 Å². The Bertz CT molecular complexity index is 260. The third-order valence-electron chi connectivity index (χ3n) is 3.28. The van der Waals surface area contributed by atoms with E-state index < -0.39 is 0 Å². The van der Waals surface area contributed by atoms with Crippen LogP contribution < -0.4 is 0 Å². The molecule has 0 aromatic carbocycles. The molecular weight excluding hydrogens is 192 g/mol. The average molecular weight is 210 g/mol. The monoisotopic (exact) mass is 210 g/mol. The predicted octanol–water partition coefficient (Wildman–Crippen LogP) is 2.53. The Morgan fingerprint density at radius 1 is 1.36 bits per heavy atom. The molecule has 1 aliphatic heterocycles. The number of fused-ring (bicyclic) bond motifs is 2. The van der Waals surface area contributed by atoms with Crippen LogP contribution in [0.15, 0.2) is 11.1 Å². The van der Waals surface area contributed by atoms with E-state index in [0.29, 0.717) is 5.71 Å². The predicted molar refractivity (Wildman–Crippen MR) is 62.9 cm³/mol. The molecule has 1 unspecified atom stereocenters. The summed E-state index contributed by atoms with van der Waals surface area (Å²) < 4.78 is 0. The lowest BCUT2D eigenvalue weighted by Gasteiger charge is -2.33. The molecule has 3 heteroatoms. The Kier molecular flexibility index (Phi) is 2.86. The van der Waals surface area contributed by atoms with Crippen LogP contribution >= 0.6 is 12.6 Å². The number of hydrogen-bond acceptors (Lipinski definition) is 3. The molecular formula is C11H18N2S. The fraction of sp³-hybridized carbons (Fsp3) is 0.727. The van der Waals surface area contributed by atoms with Gasteiger partial charge in [0.25, 0.3) is 0 Å². The van der Waals surface area contributed by atoms with E-state index in [2.05, 4.69) is 17.5 Å². The number of allylic oxidation sites excluding steroid dienone is 1. The molecule has 0 aromatic rings. The Morgan fingerprint density at radius 2 is 1.93 bits per heavy atom. The molecule has 0 spiro atoms. The lowest BCUT2D eigenvalue weighted by atomic mass is 9.99. The highest BCUT2D eigenvalue weighted by molar-refractivity contribution is 7.84. The number of nitrogens with zero attached hydrogens (tertiary/aromatic N) is 1. The van der Waals surface area contributed by atoms with Crippen LogP contribution in [0.5, 0.6) is 0 Å². The summed E-state index contributed by atoms with van der Waals surface area (Å²) in [7, 11) is 0. The molecule has 78 valence electrons. The van der Waals surface area contributed by atoms with Gasteiger partial charge >= 0.3 is 0 Å². The largest absolute Gasteiger partial charge is 0.366 e. The second kappa shape index (κ2) is 3.97. The van der Waals surface area contributed by atoms with Gasteiger partial charge in [-0.2, -0.15) is 0 Å². The standard InChI is InChI=1S/C11H18N2S/c1-8(12)4-11(14)13-6-9-2-3-10(5-9)7-13/h4,9-10,12,14H,2-3,5-7H2,1H3/b11-4-,12-8?/t9-,10?/m1/s1. The van der Waals surface area contributed by atoms with Crippen molar-refractivity contribution in [1.82, 2.24) is 4.90 Å². The van der Waals surface area contributed by atoms with Crippen LogP contribution in [0, 0.1) is 17.2 Å². The van der Waals surface area contributed by atoms with E-state index in [1.165, 1.54) is 19.3 Å². The van der Waals surface area contributed by atoms with Gasteiger partial charge in [-0.15, -0.1) is 12.6 Å². The molecule has 2 fully saturated rings. The molecule has 0 radical (unpaired) electrons. The van der Waals surface area contributed by atoms with E-state index in [4.69, 9.17) is 5.41 Å². The van der Waals surface area contributed by atoms with Crippen LogP contribution in [0.2, 0.25) is 0 Å². The molecule has 14 heavy (non-hydrogen) atoms. The zero-order valence-electron chi connectivity index (χ0n) is 8.66. The Hall–Kier alpha value is -0.440. The summed E-state index contributed by atoms with van der Waals surface area (Å²) in [5, 5.41) is 8.39. The summed E-state index contributed by atoms with van der Waals surface area (Å²) in [5.74, 6) is 1.77. The SMILES string of the molecule is CC(=N)/C=C(\S)N1CC2CC[C@H](C2)C1. The number of hydrogen-bond donors (Lipinski definition) is 2. The Balaban J connectivity index is 2.02. The van der Waals surface area contributed by atoms with Gasteiger partial charge in [0.1, 0.15) is 0 Å². The summed E-state index contributed by atoms with van der Waals surface area (Å²) in [4.78, 5) is 2.34. The van der Waals surface area contributed by atoms with Gasteiger partial charge in [-0.05, 0) is 44.1 Å². The van der Waals surface area contributed by atoms with Crippen LogP contribution in [-0.2, 0) is 0 Å². The molecule has 0 amide bonds. The molecule has 0 aromatic heterocycles. The van der Waals surface area contributed by atoms with E-state index in [9.17, 15) is 0 Å². The minimum atomic E-state index is 0.591. The van der Waals surface area contributed by atoms with E-state index in [-0.39, 0.29) is 0 Å². The average Bonchev–Trinajstić information content (AvgIpc) is 2.44. The van der Waals surface area contributed by atoms with Crippen molar-refractivity contribution in [2.24, 2.45) is 11.8 Å². The van der Waals surface area contributed by atoms with Gasteiger partial charge in [0, 0.05) is 18.8 Å². The van der Waals surface area contributed by atoms with Crippen molar-refractivity contribution in [3.8, 4) is 0 Å². The smallest absolute Gasteiger partial charge is 0.0694 e. The summed E-state index contributed by atoms with van der Waals surface area (Å²) >= 11 is 4.47. The van der Waals surface area contributed by atoms with Gasteiger partial charge < -0.3 is 10.3 Å². The molecule has 2 rings (SSSR count). The van der Waals surface area contributed by atoms with Gasteiger partial charge in [0.2, 0.25) is 0 Å². The summed E-state index contributed by atoms with van der Waals surface area (Å²) in [6, 6.07) is 0. The highest BCUT2D eigenvalue weighted by Gasteiger charge is 2.32. The lowest BCUT2D eigenvalue weighted by Crippen LogP contribution is -2.34. The molecule has 1 saturated heterocycles. The van der Waals surface area contributed by atoms with Crippen molar-refractivity contribution in [3.05, 3.63) is 11.1 Å². The minimum absolute atomic E-state index is 0.591. The van der Waals surface area contributed by atoms with Gasteiger partial charge in [-0.3, -0.25) is 0 Å². The normalized spacial score (nSPS) is 32.1. The first-order valence-corrected chi connectivity index (χ1v) is 5.80. The van der Waals surface area contributed by atoms with Crippen LogP contribution in [0.4, 0.5) is 0 Å². The molecule has 1 saturated carbocycles. The molecule has 1 heterocycles. The van der Waals surface area contributed by atoms with Crippen LogP contribution in [0.3, 0.4) is 0 Å². The Morgan fingerprint density at radius 3 is 2.43 bits per heavy atom.